The van der Waals surface area contributed by atoms with E-state index in [2.05, 4.69) is 15.2 Å². The second-order valence-electron chi connectivity index (χ2n) is 5.23. The standard InChI is InChI=1S/C14H16N4O3/c1-9(11-4-2-3-5-13(11)19)17-6-10(7-17)18-8-12(14(20)21)15-16-18/h2-5,8-10,19H,6-7H2,1H3,(H,20,21). The molecule has 2 heterocycles. The fourth-order valence-corrected chi connectivity index (χ4v) is 2.56. The minimum absolute atomic E-state index is 0.0396. The first-order chi connectivity index (χ1) is 10.1. The molecular weight excluding hydrogens is 272 g/mol. The number of carboxylic acid groups (broad SMARTS) is 1. The highest BCUT2D eigenvalue weighted by Gasteiger charge is 2.34. The predicted molar refractivity (Wildman–Crippen MR) is 74.1 cm³/mol. The molecule has 3 rings (SSSR count). The van der Waals surface area contributed by atoms with Crippen LogP contribution in [-0.2, 0) is 0 Å². The number of aromatic nitrogens is 3. The number of carbonyl (C=O) groups is 1. The largest absolute Gasteiger partial charge is 0.508 e. The molecular formula is C14H16N4O3. The van der Waals surface area contributed by atoms with Crippen molar-refractivity contribution >= 4 is 5.97 Å². The maximum Gasteiger partial charge on any atom is 0.358 e. The number of hydrogen-bond donors (Lipinski definition) is 2. The summed E-state index contributed by atoms with van der Waals surface area (Å²) in [6.07, 6.45) is 1.45. The molecule has 2 N–H and O–H groups in total. The Bertz CT molecular complexity index is 664. The summed E-state index contributed by atoms with van der Waals surface area (Å²) in [6.45, 7) is 3.53. The number of phenols is 1. The van der Waals surface area contributed by atoms with Gasteiger partial charge in [-0.2, -0.15) is 0 Å². The van der Waals surface area contributed by atoms with Crippen molar-refractivity contribution in [3.05, 3.63) is 41.7 Å². The van der Waals surface area contributed by atoms with Crippen LogP contribution in [-0.4, -0.2) is 49.2 Å². The third-order valence-corrected chi connectivity index (χ3v) is 3.93. The van der Waals surface area contributed by atoms with Gasteiger partial charge < -0.3 is 10.2 Å². The highest BCUT2D eigenvalue weighted by atomic mass is 16.4. The number of phenolic OH excluding ortho intramolecular Hbond substituents is 1. The third kappa shape index (κ3) is 2.47. The quantitative estimate of drug-likeness (QED) is 0.881. The van der Waals surface area contributed by atoms with E-state index in [1.54, 1.807) is 16.8 Å². The lowest BCUT2D eigenvalue weighted by molar-refractivity contribution is 0.0576. The van der Waals surface area contributed by atoms with Crippen LogP contribution in [0.4, 0.5) is 0 Å². The second kappa shape index (κ2) is 5.17. The van der Waals surface area contributed by atoms with Crippen molar-refractivity contribution in [2.45, 2.75) is 19.0 Å². The molecule has 7 heteroatoms. The Hall–Kier alpha value is -2.41. The molecule has 0 radical (unpaired) electrons. The van der Waals surface area contributed by atoms with E-state index in [1.807, 2.05) is 19.1 Å². The minimum Gasteiger partial charge on any atom is -0.508 e. The number of carboxylic acids is 1. The van der Waals surface area contributed by atoms with E-state index in [4.69, 9.17) is 5.11 Å². The normalized spacial score (nSPS) is 17.4. The first-order valence-electron chi connectivity index (χ1n) is 6.73. The molecule has 110 valence electrons. The number of rotatable bonds is 4. The van der Waals surface area contributed by atoms with Gasteiger partial charge in [-0.3, -0.25) is 4.90 Å². The molecule has 2 aromatic rings. The fraction of sp³-hybridized carbons (Fsp3) is 0.357. The third-order valence-electron chi connectivity index (χ3n) is 3.93. The van der Waals surface area contributed by atoms with Gasteiger partial charge in [0, 0.05) is 24.7 Å². The predicted octanol–water partition coefficient (Wildman–Crippen LogP) is 1.30. The van der Waals surface area contributed by atoms with Crippen molar-refractivity contribution in [3.8, 4) is 5.75 Å². The summed E-state index contributed by atoms with van der Waals surface area (Å²) < 4.78 is 1.59. The van der Waals surface area contributed by atoms with Crippen LogP contribution in [0.25, 0.3) is 0 Å². The van der Waals surface area contributed by atoms with Crippen LogP contribution in [0.2, 0.25) is 0 Å². The number of nitrogens with zero attached hydrogens (tertiary/aromatic N) is 4. The molecule has 1 aromatic carbocycles. The van der Waals surface area contributed by atoms with Gasteiger partial charge >= 0.3 is 5.97 Å². The zero-order valence-corrected chi connectivity index (χ0v) is 11.5. The molecule has 7 nitrogen and oxygen atoms in total. The second-order valence-corrected chi connectivity index (χ2v) is 5.23. The van der Waals surface area contributed by atoms with Crippen molar-refractivity contribution < 1.29 is 15.0 Å². The Labute approximate surface area is 121 Å². The summed E-state index contributed by atoms with van der Waals surface area (Å²) in [5.74, 6) is -0.776. The molecule has 0 aliphatic carbocycles. The van der Waals surface area contributed by atoms with E-state index < -0.39 is 5.97 Å². The van der Waals surface area contributed by atoms with Crippen LogP contribution < -0.4 is 0 Å². The van der Waals surface area contributed by atoms with Gasteiger partial charge in [0.05, 0.1) is 12.2 Å². The number of aromatic hydroxyl groups is 1. The summed E-state index contributed by atoms with van der Waals surface area (Å²) in [5, 5.41) is 26.2. The van der Waals surface area contributed by atoms with Crippen LogP contribution in [0.15, 0.2) is 30.5 Å². The van der Waals surface area contributed by atoms with Gasteiger partial charge in [-0.1, -0.05) is 23.4 Å². The van der Waals surface area contributed by atoms with Crippen molar-refractivity contribution in [1.82, 2.24) is 19.9 Å². The van der Waals surface area contributed by atoms with E-state index in [-0.39, 0.29) is 17.8 Å². The zero-order chi connectivity index (χ0) is 15.0. The van der Waals surface area contributed by atoms with Crippen molar-refractivity contribution in [3.63, 3.8) is 0 Å². The number of likely N-dealkylation sites (tertiary alicyclic amines) is 1. The summed E-state index contributed by atoms with van der Waals surface area (Å²) >= 11 is 0. The average Bonchev–Trinajstić information content (AvgIpc) is 2.87. The van der Waals surface area contributed by atoms with Gasteiger partial charge in [-0.15, -0.1) is 5.10 Å². The number of benzene rings is 1. The van der Waals surface area contributed by atoms with Crippen LogP contribution in [0.5, 0.6) is 5.75 Å². The smallest absolute Gasteiger partial charge is 0.358 e. The van der Waals surface area contributed by atoms with E-state index in [1.165, 1.54) is 6.20 Å². The van der Waals surface area contributed by atoms with Gasteiger partial charge in [-0.05, 0) is 13.0 Å². The summed E-state index contributed by atoms with van der Waals surface area (Å²) in [7, 11) is 0. The molecule has 0 spiro atoms. The highest BCUT2D eigenvalue weighted by molar-refractivity contribution is 5.84. The van der Waals surface area contributed by atoms with Gasteiger partial charge in [0.2, 0.25) is 0 Å². The molecule has 21 heavy (non-hydrogen) atoms. The lowest BCUT2D eigenvalue weighted by Gasteiger charge is -2.43. The maximum atomic E-state index is 10.8. The summed E-state index contributed by atoms with van der Waals surface area (Å²) in [6, 6.07) is 7.52. The van der Waals surface area contributed by atoms with Crippen molar-refractivity contribution in [2.75, 3.05) is 13.1 Å². The average molecular weight is 288 g/mol. The molecule has 1 saturated heterocycles. The summed E-state index contributed by atoms with van der Waals surface area (Å²) in [5.41, 5.74) is 0.850. The fourth-order valence-electron chi connectivity index (χ4n) is 2.56. The lowest BCUT2D eigenvalue weighted by atomic mass is 10.00. The van der Waals surface area contributed by atoms with E-state index in [9.17, 15) is 9.90 Å². The molecule has 1 unspecified atom stereocenters. The Morgan fingerprint density at radius 1 is 1.38 bits per heavy atom. The van der Waals surface area contributed by atoms with Crippen molar-refractivity contribution in [1.29, 1.82) is 0 Å². The summed E-state index contributed by atoms with van der Waals surface area (Å²) in [4.78, 5) is 13.0. The highest BCUT2D eigenvalue weighted by Crippen LogP contribution is 2.34. The Kier molecular flexibility index (Phi) is 3.34. The van der Waals surface area contributed by atoms with Crippen LogP contribution in [0.3, 0.4) is 0 Å². The van der Waals surface area contributed by atoms with Crippen LogP contribution in [0.1, 0.15) is 35.1 Å². The van der Waals surface area contributed by atoms with Gasteiger partial charge in [-0.25, -0.2) is 9.48 Å². The van der Waals surface area contributed by atoms with Crippen molar-refractivity contribution in [2.24, 2.45) is 0 Å². The zero-order valence-electron chi connectivity index (χ0n) is 11.5. The molecule has 1 aliphatic heterocycles. The van der Waals surface area contributed by atoms with Gasteiger partial charge in [0.15, 0.2) is 5.69 Å². The van der Waals surface area contributed by atoms with Crippen LogP contribution in [0, 0.1) is 0 Å². The number of hydrogen-bond acceptors (Lipinski definition) is 5. The van der Waals surface area contributed by atoms with E-state index in [0.29, 0.717) is 5.75 Å². The van der Waals surface area contributed by atoms with E-state index in [0.717, 1.165) is 18.7 Å². The molecule has 1 atom stereocenters. The monoisotopic (exact) mass is 288 g/mol. The first kappa shape index (κ1) is 13.6. The number of para-hydroxylation sites is 1. The minimum atomic E-state index is -1.07. The van der Waals surface area contributed by atoms with Gasteiger partial charge in [0.25, 0.3) is 0 Å². The molecule has 1 fully saturated rings. The Balaban J connectivity index is 1.65. The lowest BCUT2D eigenvalue weighted by Crippen LogP contribution is -2.48. The van der Waals surface area contributed by atoms with Gasteiger partial charge in [0.1, 0.15) is 5.75 Å². The molecule has 1 aromatic heterocycles. The topological polar surface area (TPSA) is 91.5 Å². The molecule has 0 saturated carbocycles. The first-order valence-corrected chi connectivity index (χ1v) is 6.73. The Morgan fingerprint density at radius 2 is 2.10 bits per heavy atom. The molecule has 1 aliphatic rings. The maximum absolute atomic E-state index is 10.8. The molecule has 0 amide bonds. The van der Waals surface area contributed by atoms with Crippen LogP contribution >= 0.6 is 0 Å². The SMILES string of the molecule is CC(c1ccccc1O)N1CC(n2cc(C(=O)O)nn2)C1. The number of aromatic carboxylic acids is 1. The van der Waals surface area contributed by atoms with E-state index >= 15 is 0 Å². The Morgan fingerprint density at radius 3 is 2.71 bits per heavy atom. The molecule has 0 bridgehead atoms.